The minimum Gasteiger partial charge on any atom is -0.354 e. The van der Waals surface area contributed by atoms with Gasteiger partial charge in [-0.25, -0.2) is 0 Å². The third kappa shape index (κ3) is 3.47. The molecule has 2 aromatic rings. The summed E-state index contributed by atoms with van der Waals surface area (Å²) in [6.45, 7) is 1.35. The molecule has 3 rings (SSSR count). The quantitative estimate of drug-likeness (QED) is 0.875. The molecule has 1 aromatic heterocycles. The number of carbonyl (C=O) groups is 1. The fourth-order valence-electron chi connectivity index (χ4n) is 2.23. The van der Waals surface area contributed by atoms with Crippen LogP contribution in [0.25, 0.3) is 11.1 Å². The number of aromatic nitrogens is 2. The van der Waals surface area contributed by atoms with E-state index < -0.39 is 0 Å². The lowest BCUT2D eigenvalue weighted by Gasteiger charge is -2.04. The normalized spacial score (nSPS) is 14.2. The van der Waals surface area contributed by atoms with Crippen LogP contribution >= 0.6 is 0 Å². The van der Waals surface area contributed by atoms with E-state index in [1.165, 1.54) is 12.8 Å². The monoisotopic (exact) mass is 269 g/mol. The van der Waals surface area contributed by atoms with E-state index >= 15 is 0 Å². The Labute approximate surface area is 118 Å². The molecule has 0 bridgehead atoms. The Bertz CT molecular complexity index is 572. The van der Waals surface area contributed by atoms with Gasteiger partial charge in [0.2, 0.25) is 5.91 Å². The zero-order valence-electron chi connectivity index (χ0n) is 11.5. The second-order valence-corrected chi connectivity index (χ2v) is 5.36. The maximum Gasteiger partial charge on any atom is 0.220 e. The third-order valence-corrected chi connectivity index (χ3v) is 3.57. The lowest BCUT2D eigenvalue weighted by atomic mass is 10.1. The van der Waals surface area contributed by atoms with Gasteiger partial charge in [-0.3, -0.25) is 9.48 Å². The molecule has 1 fully saturated rings. The molecule has 1 aliphatic carbocycles. The zero-order chi connectivity index (χ0) is 13.8. The Morgan fingerprint density at radius 1 is 1.25 bits per heavy atom. The number of rotatable bonds is 6. The van der Waals surface area contributed by atoms with Gasteiger partial charge in [-0.1, -0.05) is 30.3 Å². The van der Waals surface area contributed by atoms with Crippen molar-refractivity contribution in [2.45, 2.75) is 25.8 Å². The number of benzene rings is 1. The van der Waals surface area contributed by atoms with Crippen LogP contribution in [0.15, 0.2) is 42.7 Å². The predicted octanol–water partition coefficient (Wildman–Crippen LogP) is 2.47. The largest absolute Gasteiger partial charge is 0.354 e. The summed E-state index contributed by atoms with van der Waals surface area (Å²) < 4.78 is 1.87. The fraction of sp³-hybridized carbons (Fsp3) is 0.375. The van der Waals surface area contributed by atoms with Crippen LogP contribution in [0.1, 0.15) is 19.3 Å². The van der Waals surface area contributed by atoms with Crippen LogP contribution in [0.2, 0.25) is 0 Å². The highest BCUT2D eigenvalue weighted by Crippen LogP contribution is 2.31. The lowest BCUT2D eigenvalue weighted by molar-refractivity contribution is -0.121. The van der Waals surface area contributed by atoms with E-state index in [9.17, 15) is 4.79 Å². The van der Waals surface area contributed by atoms with Gasteiger partial charge in [-0.15, -0.1) is 0 Å². The van der Waals surface area contributed by atoms with E-state index in [2.05, 4.69) is 22.5 Å². The number of carbonyl (C=O) groups excluding carboxylic acids is 1. The first kappa shape index (κ1) is 12.9. The molecule has 0 saturated heterocycles. The van der Waals surface area contributed by atoms with Crippen molar-refractivity contribution < 1.29 is 4.79 Å². The minimum atomic E-state index is 0.169. The average Bonchev–Trinajstić information content (AvgIpc) is 3.15. The first-order valence-electron chi connectivity index (χ1n) is 7.16. The van der Waals surface area contributed by atoms with Gasteiger partial charge in [0, 0.05) is 24.7 Å². The SMILES string of the molecule is O=C(CC1CC1)NCCn1cc(-c2ccccc2)cn1. The van der Waals surface area contributed by atoms with Gasteiger partial charge in [-0.05, 0) is 24.3 Å². The maximum absolute atomic E-state index is 11.6. The summed E-state index contributed by atoms with van der Waals surface area (Å²) in [4.78, 5) is 11.6. The molecule has 0 unspecified atom stereocenters. The summed E-state index contributed by atoms with van der Waals surface area (Å²) in [5.74, 6) is 0.812. The summed E-state index contributed by atoms with van der Waals surface area (Å²) in [5, 5.41) is 7.28. The number of hydrogen-bond donors (Lipinski definition) is 1. The van der Waals surface area contributed by atoms with Crippen molar-refractivity contribution in [3.05, 3.63) is 42.7 Å². The number of amides is 1. The molecular weight excluding hydrogens is 250 g/mol. The molecule has 0 atom stereocenters. The maximum atomic E-state index is 11.6. The molecule has 1 heterocycles. The molecule has 1 aromatic carbocycles. The molecule has 4 nitrogen and oxygen atoms in total. The van der Waals surface area contributed by atoms with Crippen LogP contribution < -0.4 is 5.32 Å². The van der Waals surface area contributed by atoms with E-state index in [0.717, 1.165) is 11.1 Å². The second-order valence-electron chi connectivity index (χ2n) is 5.36. The van der Waals surface area contributed by atoms with Crippen molar-refractivity contribution >= 4 is 5.91 Å². The Morgan fingerprint density at radius 3 is 2.80 bits per heavy atom. The Morgan fingerprint density at radius 2 is 2.05 bits per heavy atom. The second kappa shape index (κ2) is 5.90. The van der Waals surface area contributed by atoms with Gasteiger partial charge in [0.05, 0.1) is 12.7 Å². The summed E-state index contributed by atoms with van der Waals surface area (Å²) >= 11 is 0. The summed E-state index contributed by atoms with van der Waals surface area (Å²) in [5.41, 5.74) is 2.27. The highest BCUT2D eigenvalue weighted by Gasteiger charge is 2.23. The van der Waals surface area contributed by atoms with Gasteiger partial charge in [0.15, 0.2) is 0 Å². The van der Waals surface area contributed by atoms with E-state index in [1.807, 2.05) is 35.3 Å². The molecule has 20 heavy (non-hydrogen) atoms. The standard InChI is InChI=1S/C16H19N3O/c20-16(10-13-6-7-13)17-8-9-19-12-15(11-18-19)14-4-2-1-3-5-14/h1-5,11-13H,6-10H2,(H,17,20). The van der Waals surface area contributed by atoms with Crippen molar-refractivity contribution in [1.82, 2.24) is 15.1 Å². The van der Waals surface area contributed by atoms with Crippen molar-refractivity contribution in [3.63, 3.8) is 0 Å². The van der Waals surface area contributed by atoms with Crippen LogP contribution in [0.5, 0.6) is 0 Å². The summed E-state index contributed by atoms with van der Waals surface area (Å²) in [6, 6.07) is 10.2. The van der Waals surface area contributed by atoms with Crippen molar-refractivity contribution in [3.8, 4) is 11.1 Å². The van der Waals surface area contributed by atoms with Gasteiger partial charge in [0.1, 0.15) is 0 Å². The number of hydrogen-bond acceptors (Lipinski definition) is 2. The topological polar surface area (TPSA) is 46.9 Å². The lowest BCUT2D eigenvalue weighted by Crippen LogP contribution is -2.27. The highest BCUT2D eigenvalue weighted by atomic mass is 16.1. The molecule has 1 saturated carbocycles. The first-order valence-corrected chi connectivity index (χ1v) is 7.16. The number of nitrogens with one attached hydrogen (secondary N) is 1. The highest BCUT2D eigenvalue weighted by molar-refractivity contribution is 5.76. The van der Waals surface area contributed by atoms with Crippen LogP contribution in [-0.4, -0.2) is 22.2 Å². The molecular formula is C16H19N3O. The van der Waals surface area contributed by atoms with E-state index in [1.54, 1.807) is 0 Å². The summed E-state index contributed by atoms with van der Waals surface area (Å²) in [6.07, 6.45) is 7.00. The Balaban J connectivity index is 1.48. The van der Waals surface area contributed by atoms with E-state index in [0.29, 0.717) is 25.4 Å². The van der Waals surface area contributed by atoms with Gasteiger partial charge in [-0.2, -0.15) is 5.10 Å². The van der Waals surface area contributed by atoms with Gasteiger partial charge < -0.3 is 5.32 Å². The predicted molar refractivity (Wildman–Crippen MR) is 78.0 cm³/mol. The zero-order valence-corrected chi connectivity index (χ0v) is 11.5. The first-order chi connectivity index (χ1) is 9.81. The molecule has 0 spiro atoms. The van der Waals surface area contributed by atoms with Crippen LogP contribution in [0.4, 0.5) is 0 Å². The van der Waals surface area contributed by atoms with Crippen molar-refractivity contribution in [2.75, 3.05) is 6.54 Å². The molecule has 0 aliphatic heterocycles. The Kier molecular flexibility index (Phi) is 3.81. The van der Waals surface area contributed by atoms with E-state index in [-0.39, 0.29) is 5.91 Å². The van der Waals surface area contributed by atoms with Crippen molar-refractivity contribution in [1.29, 1.82) is 0 Å². The fourth-order valence-corrected chi connectivity index (χ4v) is 2.23. The van der Waals surface area contributed by atoms with Crippen LogP contribution in [0.3, 0.4) is 0 Å². The van der Waals surface area contributed by atoms with Gasteiger partial charge >= 0.3 is 0 Å². The van der Waals surface area contributed by atoms with Crippen LogP contribution in [-0.2, 0) is 11.3 Å². The molecule has 0 radical (unpaired) electrons. The van der Waals surface area contributed by atoms with Crippen molar-refractivity contribution in [2.24, 2.45) is 5.92 Å². The molecule has 1 N–H and O–H groups in total. The average molecular weight is 269 g/mol. The molecule has 104 valence electrons. The smallest absolute Gasteiger partial charge is 0.220 e. The molecule has 1 aliphatic rings. The van der Waals surface area contributed by atoms with E-state index in [4.69, 9.17) is 0 Å². The third-order valence-electron chi connectivity index (χ3n) is 3.57. The molecule has 1 amide bonds. The summed E-state index contributed by atoms with van der Waals surface area (Å²) in [7, 11) is 0. The Hall–Kier alpha value is -2.10. The number of nitrogens with zero attached hydrogens (tertiary/aromatic N) is 2. The van der Waals surface area contributed by atoms with Crippen LogP contribution in [0, 0.1) is 5.92 Å². The molecule has 4 heteroatoms. The van der Waals surface area contributed by atoms with Gasteiger partial charge in [0.25, 0.3) is 0 Å². The minimum absolute atomic E-state index is 0.169.